The van der Waals surface area contributed by atoms with Gasteiger partial charge in [-0.1, -0.05) is 38.1 Å². The summed E-state index contributed by atoms with van der Waals surface area (Å²) in [6.07, 6.45) is 0. The Morgan fingerprint density at radius 3 is 2.37 bits per heavy atom. The summed E-state index contributed by atoms with van der Waals surface area (Å²) in [6, 6.07) is 23.1. The molecule has 38 heavy (non-hydrogen) atoms. The van der Waals surface area contributed by atoms with Gasteiger partial charge in [0.25, 0.3) is 5.91 Å². The fourth-order valence-electron chi connectivity index (χ4n) is 4.55. The number of fused-ring (bicyclic) bond motifs is 3. The van der Waals surface area contributed by atoms with Crippen molar-refractivity contribution in [1.82, 2.24) is 29.9 Å². The maximum atomic E-state index is 13.1. The van der Waals surface area contributed by atoms with Crippen LogP contribution in [-0.4, -0.2) is 69.1 Å². The Morgan fingerprint density at radius 2 is 1.61 bits per heavy atom. The van der Waals surface area contributed by atoms with Gasteiger partial charge in [-0.3, -0.25) is 4.79 Å². The van der Waals surface area contributed by atoms with Gasteiger partial charge in [-0.25, -0.2) is 4.98 Å². The Kier molecular flexibility index (Phi) is 7.30. The maximum absolute atomic E-state index is 13.1. The van der Waals surface area contributed by atoms with Crippen molar-refractivity contribution in [3.63, 3.8) is 0 Å². The molecule has 1 fully saturated rings. The van der Waals surface area contributed by atoms with Gasteiger partial charge in [0.2, 0.25) is 5.65 Å². The molecule has 3 aromatic carbocycles. The Hall–Kier alpha value is -4.73. The van der Waals surface area contributed by atoms with Crippen molar-refractivity contribution in [2.24, 2.45) is 0 Å². The summed E-state index contributed by atoms with van der Waals surface area (Å²) in [7, 11) is 1.68. The highest BCUT2D eigenvalue weighted by Crippen LogP contribution is 2.29. The number of hydrogen-bond donors (Lipinski definition) is 1. The van der Waals surface area contributed by atoms with Crippen LogP contribution in [0, 0.1) is 0 Å². The number of piperazine rings is 1. The molecule has 10 heteroatoms. The molecule has 1 N–H and O–H groups in total. The van der Waals surface area contributed by atoms with Crippen molar-refractivity contribution in [3.8, 4) is 5.75 Å². The van der Waals surface area contributed by atoms with Crippen molar-refractivity contribution in [1.29, 1.82) is 0 Å². The summed E-state index contributed by atoms with van der Waals surface area (Å²) < 4.78 is 7.15. The first-order valence-electron chi connectivity index (χ1n) is 12.7. The third kappa shape index (κ3) is 4.80. The lowest BCUT2D eigenvalue weighted by atomic mass is 10.1. The number of hydrogen-bond acceptors (Lipinski definition) is 8. The molecule has 0 unspecified atom stereocenters. The topological polar surface area (TPSA) is 101 Å². The van der Waals surface area contributed by atoms with Crippen LogP contribution in [0.4, 0.5) is 17.2 Å². The second kappa shape index (κ2) is 11.1. The van der Waals surface area contributed by atoms with Crippen molar-refractivity contribution in [2.45, 2.75) is 13.8 Å². The molecular weight excluding hydrogens is 480 g/mol. The third-order valence-corrected chi connectivity index (χ3v) is 6.41. The lowest BCUT2D eigenvalue weighted by Gasteiger charge is -2.36. The molecule has 0 radical (unpaired) electrons. The molecule has 0 spiro atoms. The minimum Gasteiger partial charge on any atom is -0.495 e. The summed E-state index contributed by atoms with van der Waals surface area (Å²) in [6.45, 7) is 6.80. The number of carbonyl (C=O) groups excluding carboxylic acids is 1. The quantitative estimate of drug-likeness (QED) is 0.371. The molecule has 6 rings (SSSR count). The molecule has 0 aliphatic carbocycles. The van der Waals surface area contributed by atoms with E-state index < -0.39 is 0 Å². The third-order valence-electron chi connectivity index (χ3n) is 6.41. The Bertz CT molecular complexity index is 1540. The van der Waals surface area contributed by atoms with Gasteiger partial charge >= 0.3 is 0 Å². The predicted molar refractivity (Wildman–Crippen MR) is 148 cm³/mol. The number of carbonyl (C=O) groups is 1. The first-order valence-corrected chi connectivity index (χ1v) is 12.7. The van der Waals surface area contributed by atoms with E-state index in [1.807, 2.05) is 85.5 Å². The molecule has 1 aliphatic rings. The fourth-order valence-corrected chi connectivity index (χ4v) is 4.55. The predicted octanol–water partition coefficient (Wildman–Crippen LogP) is 4.41. The monoisotopic (exact) mass is 510 g/mol. The zero-order valence-corrected chi connectivity index (χ0v) is 21.7. The van der Waals surface area contributed by atoms with Gasteiger partial charge in [0.05, 0.1) is 23.8 Å². The van der Waals surface area contributed by atoms with E-state index >= 15 is 0 Å². The zero-order valence-electron chi connectivity index (χ0n) is 21.7. The van der Waals surface area contributed by atoms with Crippen LogP contribution in [0.3, 0.4) is 0 Å². The molecule has 0 bridgehead atoms. The first-order chi connectivity index (χ1) is 18.7. The molecule has 1 aliphatic heterocycles. The lowest BCUT2D eigenvalue weighted by Crippen LogP contribution is -2.48. The average Bonchev–Trinajstić information content (AvgIpc) is 3.49. The number of tetrazole rings is 1. The minimum atomic E-state index is 0.0223. The van der Waals surface area contributed by atoms with Crippen LogP contribution in [0.15, 0.2) is 72.8 Å². The summed E-state index contributed by atoms with van der Waals surface area (Å²) in [4.78, 5) is 22.0. The van der Waals surface area contributed by atoms with Gasteiger partial charge in [-0.2, -0.15) is 4.52 Å². The highest BCUT2D eigenvalue weighted by Gasteiger charge is 2.23. The number of nitrogens with zero attached hydrogens (tertiary/aromatic N) is 7. The van der Waals surface area contributed by atoms with E-state index in [9.17, 15) is 4.79 Å². The number of ether oxygens (including phenoxy) is 1. The van der Waals surface area contributed by atoms with Crippen LogP contribution in [0.25, 0.3) is 16.7 Å². The maximum Gasteiger partial charge on any atom is 0.253 e. The average molecular weight is 511 g/mol. The Morgan fingerprint density at radius 1 is 0.895 bits per heavy atom. The molecule has 194 valence electrons. The standard InChI is InChI=1S/C26H24N8O2.C2H6/c1-36-23-9-5-4-8-22(23)32-14-16-33(17-15-32)26(35)18-10-12-19(13-11-18)27-24-25-29-30-31-34(25)21-7-3-2-6-20(21)28-24;1-2/h2-13H,14-17H2,1H3,(H,27,28);1-2H3. The van der Waals surface area contributed by atoms with Crippen molar-refractivity contribution >= 4 is 39.8 Å². The Labute approximate surface area is 220 Å². The largest absolute Gasteiger partial charge is 0.495 e. The number of nitrogens with one attached hydrogen (secondary N) is 1. The second-order valence-corrected chi connectivity index (χ2v) is 8.52. The molecular formula is C28H30N8O2. The fraction of sp³-hybridized carbons (Fsp3) is 0.250. The Balaban J connectivity index is 0.00000144. The molecule has 2 aromatic heterocycles. The van der Waals surface area contributed by atoms with Gasteiger partial charge in [-0.15, -0.1) is 5.10 Å². The van der Waals surface area contributed by atoms with Crippen LogP contribution in [0.5, 0.6) is 5.75 Å². The lowest BCUT2D eigenvalue weighted by molar-refractivity contribution is 0.0746. The number of anilines is 3. The van der Waals surface area contributed by atoms with E-state index in [1.165, 1.54) is 0 Å². The molecule has 5 aromatic rings. The highest BCUT2D eigenvalue weighted by molar-refractivity contribution is 5.95. The molecule has 10 nitrogen and oxygen atoms in total. The second-order valence-electron chi connectivity index (χ2n) is 8.52. The number of rotatable bonds is 5. The van der Waals surface area contributed by atoms with Gasteiger partial charge < -0.3 is 19.9 Å². The number of aromatic nitrogens is 5. The number of para-hydroxylation sites is 4. The molecule has 1 amide bonds. The smallest absolute Gasteiger partial charge is 0.253 e. The number of benzene rings is 3. The molecule has 0 atom stereocenters. The van der Waals surface area contributed by atoms with Crippen LogP contribution < -0.4 is 15.0 Å². The first kappa shape index (κ1) is 24.9. The van der Waals surface area contributed by atoms with E-state index in [1.54, 1.807) is 11.6 Å². The van der Waals surface area contributed by atoms with E-state index in [0.29, 0.717) is 30.1 Å². The van der Waals surface area contributed by atoms with Crippen LogP contribution in [0.1, 0.15) is 24.2 Å². The van der Waals surface area contributed by atoms with E-state index in [2.05, 4.69) is 36.8 Å². The van der Waals surface area contributed by atoms with Crippen LogP contribution >= 0.6 is 0 Å². The number of methoxy groups -OCH3 is 1. The summed E-state index contributed by atoms with van der Waals surface area (Å²) in [5.41, 5.74) is 4.63. The van der Waals surface area contributed by atoms with Gasteiger partial charge in [0.15, 0.2) is 5.82 Å². The van der Waals surface area contributed by atoms with Crippen molar-refractivity contribution < 1.29 is 9.53 Å². The number of amides is 1. The van der Waals surface area contributed by atoms with E-state index in [-0.39, 0.29) is 5.91 Å². The van der Waals surface area contributed by atoms with E-state index in [0.717, 1.165) is 41.2 Å². The van der Waals surface area contributed by atoms with Gasteiger partial charge in [0, 0.05) is 37.4 Å². The van der Waals surface area contributed by atoms with Gasteiger partial charge in [0.1, 0.15) is 5.75 Å². The summed E-state index contributed by atoms with van der Waals surface area (Å²) >= 11 is 0. The summed E-state index contributed by atoms with van der Waals surface area (Å²) in [5.74, 6) is 1.42. The summed E-state index contributed by atoms with van der Waals surface area (Å²) in [5, 5.41) is 15.3. The van der Waals surface area contributed by atoms with Crippen molar-refractivity contribution in [2.75, 3.05) is 43.5 Å². The molecule has 3 heterocycles. The van der Waals surface area contributed by atoms with Crippen molar-refractivity contribution in [3.05, 3.63) is 78.4 Å². The van der Waals surface area contributed by atoms with Gasteiger partial charge in [-0.05, 0) is 59.0 Å². The SMILES string of the molecule is CC.COc1ccccc1N1CCN(C(=O)c2ccc(Nc3nc4ccccc4n4nnnc34)cc2)CC1. The van der Waals surface area contributed by atoms with Crippen LogP contribution in [-0.2, 0) is 0 Å². The van der Waals surface area contributed by atoms with Crippen LogP contribution in [0.2, 0.25) is 0 Å². The minimum absolute atomic E-state index is 0.0223. The normalized spacial score (nSPS) is 13.2. The highest BCUT2D eigenvalue weighted by atomic mass is 16.5. The molecule has 1 saturated heterocycles. The molecule has 0 saturated carbocycles. The van der Waals surface area contributed by atoms with E-state index in [4.69, 9.17) is 4.74 Å². The zero-order chi connectivity index (χ0) is 26.5.